The molecule has 0 amide bonds. The Hall–Kier alpha value is -0.985. The summed E-state index contributed by atoms with van der Waals surface area (Å²) in [6, 6.07) is 1.97. The molecule has 2 nitrogen and oxygen atoms in total. The van der Waals surface area contributed by atoms with Crippen LogP contribution in [0.25, 0.3) is 0 Å². The molecule has 0 aliphatic carbocycles. The van der Waals surface area contributed by atoms with Crippen LogP contribution in [0.2, 0.25) is 0 Å². The number of ether oxygens (including phenoxy) is 1. The third-order valence-electron chi connectivity index (χ3n) is 1.55. The van der Waals surface area contributed by atoms with Crippen LogP contribution in [0.4, 0.5) is 0 Å². The highest BCUT2D eigenvalue weighted by Crippen LogP contribution is 2.03. The van der Waals surface area contributed by atoms with Crippen molar-refractivity contribution in [3.05, 3.63) is 18.0 Å². The zero-order valence-corrected chi connectivity index (χ0v) is 6.51. The summed E-state index contributed by atoms with van der Waals surface area (Å²) in [4.78, 5) is 4.12. The number of hydrogen-bond acceptors (Lipinski definition) is 2. The number of methoxy groups -OCH3 is 1. The zero-order valence-electron chi connectivity index (χ0n) is 6.51. The van der Waals surface area contributed by atoms with E-state index in [0.717, 1.165) is 11.4 Å². The van der Waals surface area contributed by atoms with Crippen LogP contribution in [0, 0.1) is 6.92 Å². The normalized spacial score (nSPS) is 9.40. The average molecular weight is 135 g/mol. The fourth-order valence-electron chi connectivity index (χ4n) is 0.729. The van der Waals surface area contributed by atoms with Gasteiger partial charge in [0.15, 0.2) is 0 Å². The van der Waals surface area contributed by atoms with Gasteiger partial charge in [0.25, 0.3) is 0 Å². The van der Waals surface area contributed by atoms with Crippen molar-refractivity contribution in [3.63, 3.8) is 0 Å². The monoisotopic (exact) mass is 135 g/mol. The maximum Gasteiger partial charge on any atom is 0.141 e. The SMILES string of the molecule is Bc1cc(OC)cnc1C. The largest absolute Gasteiger partial charge is 0.495 e. The van der Waals surface area contributed by atoms with E-state index in [0.29, 0.717) is 0 Å². The van der Waals surface area contributed by atoms with Crippen LogP contribution in [0.1, 0.15) is 5.69 Å². The number of pyridine rings is 1. The number of aryl methyl sites for hydroxylation is 1. The van der Waals surface area contributed by atoms with E-state index in [1.54, 1.807) is 13.3 Å². The van der Waals surface area contributed by atoms with Crippen LogP contribution in [0.5, 0.6) is 5.75 Å². The molecule has 0 saturated carbocycles. The Balaban J connectivity index is 3.04. The van der Waals surface area contributed by atoms with Crippen molar-refractivity contribution in [1.82, 2.24) is 4.98 Å². The molecule has 0 unspecified atom stereocenters. The second-order valence-electron chi connectivity index (χ2n) is 2.28. The lowest BCUT2D eigenvalue weighted by molar-refractivity contribution is 0.413. The summed E-state index contributed by atoms with van der Waals surface area (Å²) in [6.07, 6.45) is 1.72. The fraction of sp³-hybridized carbons (Fsp3) is 0.286. The molecule has 52 valence electrons. The maximum atomic E-state index is 4.99. The Labute approximate surface area is 61.6 Å². The molecule has 10 heavy (non-hydrogen) atoms. The molecule has 0 saturated heterocycles. The summed E-state index contributed by atoms with van der Waals surface area (Å²) < 4.78 is 4.99. The van der Waals surface area contributed by atoms with Crippen molar-refractivity contribution in [1.29, 1.82) is 0 Å². The van der Waals surface area contributed by atoms with Gasteiger partial charge >= 0.3 is 0 Å². The first-order chi connectivity index (χ1) is 4.74. The molecular formula is C7H10BNO. The lowest BCUT2D eigenvalue weighted by atomic mass is 9.95. The van der Waals surface area contributed by atoms with Crippen LogP contribution in [-0.4, -0.2) is 19.9 Å². The van der Waals surface area contributed by atoms with Gasteiger partial charge in [-0.15, -0.1) is 0 Å². The molecule has 0 fully saturated rings. The molecule has 0 aliphatic rings. The van der Waals surface area contributed by atoms with E-state index in [4.69, 9.17) is 4.74 Å². The highest BCUT2D eigenvalue weighted by atomic mass is 16.5. The van der Waals surface area contributed by atoms with Gasteiger partial charge in [-0.05, 0) is 13.0 Å². The minimum atomic E-state index is 0.822. The van der Waals surface area contributed by atoms with Crippen molar-refractivity contribution in [2.24, 2.45) is 0 Å². The molecular weight excluding hydrogens is 125 g/mol. The van der Waals surface area contributed by atoms with Crippen LogP contribution in [0.15, 0.2) is 12.3 Å². The fourth-order valence-corrected chi connectivity index (χ4v) is 0.729. The summed E-state index contributed by atoms with van der Waals surface area (Å²) in [7, 11) is 3.66. The maximum absolute atomic E-state index is 4.99. The van der Waals surface area contributed by atoms with Gasteiger partial charge in [-0.2, -0.15) is 0 Å². The molecule has 0 N–H and O–H groups in total. The van der Waals surface area contributed by atoms with Crippen LogP contribution >= 0.6 is 0 Å². The third-order valence-corrected chi connectivity index (χ3v) is 1.55. The molecule has 0 atom stereocenters. The predicted molar refractivity (Wildman–Crippen MR) is 43.7 cm³/mol. The van der Waals surface area contributed by atoms with Gasteiger partial charge in [0, 0.05) is 5.69 Å². The summed E-state index contributed by atoms with van der Waals surface area (Å²) in [5, 5.41) is 0. The Bertz CT molecular complexity index is 237. The Morgan fingerprint density at radius 2 is 2.30 bits per heavy atom. The molecule has 1 aromatic heterocycles. The van der Waals surface area contributed by atoms with Gasteiger partial charge in [0.05, 0.1) is 13.3 Å². The predicted octanol–water partition coefficient (Wildman–Crippen LogP) is -0.343. The Morgan fingerprint density at radius 3 is 2.80 bits per heavy atom. The van der Waals surface area contributed by atoms with Crippen molar-refractivity contribution in [3.8, 4) is 5.75 Å². The summed E-state index contributed by atoms with van der Waals surface area (Å²) in [5.41, 5.74) is 2.22. The summed E-state index contributed by atoms with van der Waals surface area (Å²) >= 11 is 0. The number of rotatable bonds is 1. The average Bonchev–Trinajstić information content (AvgIpc) is 1.95. The summed E-state index contributed by atoms with van der Waals surface area (Å²) in [5.74, 6) is 0.822. The van der Waals surface area contributed by atoms with E-state index in [9.17, 15) is 0 Å². The van der Waals surface area contributed by atoms with E-state index in [1.807, 2.05) is 20.8 Å². The van der Waals surface area contributed by atoms with Crippen LogP contribution in [0.3, 0.4) is 0 Å². The highest BCUT2D eigenvalue weighted by molar-refractivity contribution is 6.33. The first-order valence-electron chi connectivity index (χ1n) is 3.21. The number of hydrogen-bond donors (Lipinski definition) is 0. The molecule has 0 aromatic carbocycles. The van der Waals surface area contributed by atoms with Crippen molar-refractivity contribution < 1.29 is 4.74 Å². The van der Waals surface area contributed by atoms with Gasteiger partial charge in [0.2, 0.25) is 0 Å². The first-order valence-corrected chi connectivity index (χ1v) is 3.21. The van der Waals surface area contributed by atoms with Gasteiger partial charge in [0.1, 0.15) is 13.6 Å². The number of aromatic nitrogens is 1. The molecule has 0 aliphatic heterocycles. The van der Waals surface area contributed by atoms with Gasteiger partial charge in [-0.3, -0.25) is 4.98 Å². The molecule has 0 spiro atoms. The quantitative estimate of drug-likeness (QED) is 0.491. The smallest absolute Gasteiger partial charge is 0.141 e. The van der Waals surface area contributed by atoms with Gasteiger partial charge in [-0.1, -0.05) is 5.46 Å². The Kier molecular flexibility index (Phi) is 1.95. The van der Waals surface area contributed by atoms with E-state index >= 15 is 0 Å². The summed E-state index contributed by atoms with van der Waals surface area (Å²) in [6.45, 7) is 1.98. The lowest BCUT2D eigenvalue weighted by Gasteiger charge is -2.01. The Morgan fingerprint density at radius 1 is 1.60 bits per heavy atom. The van der Waals surface area contributed by atoms with E-state index in [2.05, 4.69) is 4.98 Å². The van der Waals surface area contributed by atoms with E-state index < -0.39 is 0 Å². The highest BCUT2D eigenvalue weighted by Gasteiger charge is 1.94. The molecule has 1 rings (SSSR count). The molecule has 0 radical (unpaired) electrons. The molecule has 1 heterocycles. The standard InChI is InChI=1S/C7H10BNO/c1-5-7(8)3-6(10-2)4-9-5/h3-4H,8H2,1-2H3. The number of nitrogens with zero attached hydrogens (tertiary/aromatic N) is 1. The first kappa shape index (κ1) is 7.13. The van der Waals surface area contributed by atoms with Crippen LogP contribution in [-0.2, 0) is 0 Å². The van der Waals surface area contributed by atoms with E-state index in [-0.39, 0.29) is 0 Å². The van der Waals surface area contributed by atoms with E-state index in [1.165, 1.54) is 5.46 Å². The zero-order chi connectivity index (χ0) is 7.56. The minimum Gasteiger partial charge on any atom is -0.495 e. The minimum absolute atomic E-state index is 0.822. The molecule has 1 aromatic rings. The molecule has 3 heteroatoms. The molecule has 0 bridgehead atoms. The van der Waals surface area contributed by atoms with Gasteiger partial charge in [-0.25, -0.2) is 0 Å². The van der Waals surface area contributed by atoms with Crippen molar-refractivity contribution in [2.75, 3.05) is 7.11 Å². The topological polar surface area (TPSA) is 22.1 Å². The third kappa shape index (κ3) is 1.29. The second kappa shape index (κ2) is 2.73. The van der Waals surface area contributed by atoms with Gasteiger partial charge < -0.3 is 4.74 Å². The van der Waals surface area contributed by atoms with Crippen LogP contribution < -0.4 is 10.2 Å². The lowest BCUT2D eigenvalue weighted by Crippen LogP contribution is -2.09. The van der Waals surface area contributed by atoms with Crippen molar-refractivity contribution >= 4 is 13.3 Å². The van der Waals surface area contributed by atoms with Crippen molar-refractivity contribution in [2.45, 2.75) is 6.92 Å². The second-order valence-corrected chi connectivity index (χ2v) is 2.28.